The Balaban J connectivity index is 2.64. The zero-order valence-electron chi connectivity index (χ0n) is 11.3. The van der Waals surface area contributed by atoms with Crippen LogP contribution in [0.15, 0.2) is 24.4 Å². The van der Waals surface area contributed by atoms with Crippen LogP contribution in [0.1, 0.15) is 26.5 Å². The molecule has 104 valence electrons. The van der Waals surface area contributed by atoms with Gasteiger partial charge < -0.3 is 15.8 Å². The van der Waals surface area contributed by atoms with E-state index in [1.807, 2.05) is 0 Å². The number of ether oxygens (including phenoxy) is 1. The summed E-state index contributed by atoms with van der Waals surface area (Å²) in [4.78, 5) is 27.0. The van der Waals surface area contributed by atoms with Crippen molar-refractivity contribution in [1.82, 2.24) is 10.3 Å². The van der Waals surface area contributed by atoms with Crippen molar-refractivity contribution in [2.75, 3.05) is 0 Å². The fraction of sp³-hybridized carbons (Fsp3) is 0.462. The van der Waals surface area contributed by atoms with E-state index in [2.05, 4.69) is 10.3 Å². The second kappa shape index (κ2) is 6.17. The smallest absolute Gasteiger partial charge is 0.408 e. The van der Waals surface area contributed by atoms with Crippen molar-refractivity contribution in [3.63, 3.8) is 0 Å². The van der Waals surface area contributed by atoms with Crippen molar-refractivity contribution in [3.8, 4) is 0 Å². The minimum atomic E-state index is -0.843. The SMILES string of the molecule is CC(C)(C)OC(=O)N[C@@H](Cc1ccccn1)C(N)=O. The Morgan fingerprint density at radius 2 is 2.11 bits per heavy atom. The largest absolute Gasteiger partial charge is 0.444 e. The topological polar surface area (TPSA) is 94.3 Å². The minimum Gasteiger partial charge on any atom is -0.444 e. The Morgan fingerprint density at radius 3 is 2.58 bits per heavy atom. The third-order valence-corrected chi connectivity index (χ3v) is 2.17. The third-order valence-electron chi connectivity index (χ3n) is 2.17. The van der Waals surface area contributed by atoms with E-state index in [1.165, 1.54) is 0 Å². The fourth-order valence-corrected chi connectivity index (χ4v) is 1.40. The second-order valence-corrected chi connectivity index (χ2v) is 5.13. The number of nitrogens with two attached hydrogens (primary N) is 1. The molecule has 0 aliphatic heterocycles. The molecule has 0 aromatic carbocycles. The van der Waals surface area contributed by atoms with Crippen molar-refractivity contribution in [1.29, 1.82) is 0 Å². The lowest BCUT2D eigenvalue weighted by molar-refractivity contribution is -0.120. The van der Waals surface area contributed by atoms with Crippen LogP contribution < -0.4 is 11.1 Å². The van der Waals surface area contributed by atoms with Crippen molar-refractivity contribution in [2.45, 2.75) is 38.8 Å². The summed E-state index contributed by atoms with van der Waals surface area (Å²) in [6.45, 7) is 5.22. The molecule has 6 nitrogen and oxygen atoms in total. The van der Waals surface area contributed by atoms with Gasteiger partial charge in [-0.25, -0.2) is 4.79 Å². The van der Waals surface area contributed by atoms with E-state index in [9.17, 15) is 9.59 Å². The van der Waals surface area contributed by atoms with E-state index in [1.54, 1.807) is 45.2 Å². The lowest BCUT2D eigenvalue weighted by Gasteiger charge is -2.22. The van der Waals surface area contributed by atoms with Gasteiger partial charge in [0.15, 0.2) is 0 Å². The maximum absolute atomic E-state index is 11.6. The lowest BCUT2D eigenvalue weighted by atomic mass is 10.1. The first-order chi connectivity index (χ1) is 8.78. The maximum Gasteiger partial charge on any atom is 0.408 e. The molecule has 0 saturated carbocycles. The predicted molar refractivity (Wildman–Crippen MR) is 70.3 cm³/mol. The van der Waals surface area contributed by atoms with E-state index >= 15 is 0 Å². The van der Waals surface area contributed by atoms with Crippen molar-refractivity contribution >= 4 is 12.0 Å². The molecule has 1 aromatic rings. The number of hydrogen-bond acceptors (Lipinski definition) is 4. The summed E-state index contributed by atoms with van der Waals surface area (Å²) in [5.74, 6) is -0.628. The number of pyridine rings is 1. The third kappa shape index (κ3) is 5.85. The van der Waals surface area contributed by atoms with E-state index < -0.39 is 23.6 Å². The van der Waals surface area contributed by atoms with Gasteiger partial charge in [-0.15, -0.1) is 0 Å². The number of amides is 2. The van der Waals surface area contributed by atoms with Crippen LogP contribution in [-0.2, 0) is 16.0 Å². The van der Waals surface area contributed by atoms with Crippen LogP contribution in [0.25, 0.3) is 0 Å². The molecule has 19 heavy (non-hydrogen) atoms. The molecule has 1 heterocycles. The number of hydrogen-bond donors (Lipinski definition) is 2. The first kappa shape index (κ1) is 14.9. The van der Waals surface area contributed by atoms with Crippen molar-refractivity contribution in [2.24, 2.45) is 5.73 Å². The van der Waals surface area contributed by atoms with E-state index in [0.29, 0.717) is 5.69 Å². The molecule has 2 amide bonds. The monoisotopic (exact) mass is 265 g/mol. The van der Waals surface area contributed by atoms with Crippen LogP contribution >= 0.6 is 0 Å². The molecule has 1 aromatic heterocycles. The predicted octanol–water partition coefficient (Wildman–Crippen LogP) is 1.00. The van der Waals surface area contributed by atoms with Gasteiger partial charge in [-0.2, -0.15) is 0 Å². The molecule has 0 bridgehead atoms. The molecular formula is C13H19N3O3. The quantitative estimate of drug-likeness (QED) is 0.849. The molecule has 0 radical (unpaired) electrons. The molecule has 1 rings (SSSR count). The van der Waals surface area contributed by atoms with Crippen LogP contribution in [0.3, 0.4) is 0 Å². The molecular weight excluding hydrogens is 246 g/mol. The Morgan fingerprint density at radius 1 is 1.42 bits per heavy atom. The first-order valence-electron chi connectivity index (χ1n) is 5.96. The summed E-state index contributed by atoms with van der Waals surface area (Å²) in [7, 11) is 0. The van der Waals surface area contributed by atoms with Crippen LogP contribution in [0.5, 0.6) is 0 Å². The van der Waals surface area contributed by atoms with Gasteiger partial charge >= 0.3 is 6.09 Å². The van der Waals surface area contributed by atoms with Crippen LogP contribution in [0.4, 0.5) is 4.79 Å². The molecule has 0 aliphatic carbocycles. The molecule has 3 N–H and O–H groups in total. The van der Waals surface area contributed by atoms with Crippen molar-refractivity contribution in [3.05, 3.63) is 30.1 Å². The molecule has 0 spiro atoms. The molecule has 1 atom stereocenters. The number of carbonyl (C=O) groups excluding carboxylic acids is 2. The average Bonchev–Trinajstić information content (AvgIpc) is 2.26. The summed E-state index contributed by atoms with van der Waals surface area (Å²) < 4.78 is 5.08. The Kier molecular flexibility index (Phi) is 4.86. The fourth-order valence-electron chi connectivity index (χ4n) is 1.40. The summed E-state index contributed by atoms with van der Waals surface area (Å²) in [6.07, 6.45) is 1.17. The van der Waals surface area contributed by atoms with Crippen LogP contribution in [0, 0.1) is 0 Å². The Bertz CT molecular complexity index is 440. The van der Waals surface area contributed by atoms with Crippen LogP contribution in [0.2, 0.25) is 0 Å². The van der Waals surface area contributed by atoms with Gasteiger partial charge in [-0.3, -0.25) is 9.78 Å². The van der Waals surface area contributed by atoms with Gasteiger partial charge in [0, 0.05) is 18.3 Å². The molecule has 0 saturated heterocycles. The first-order valence-corrected chi connectivity index (χ1v) is 5.96. The van der Waals surface area contributed by atoms with Gasteiger partial charge in [0.1, 0.15) is 11.6 Å². The van der Waals surface area contributed by atoms with E-state index in [4.69, 9.17) is 10.5 Å². The van der Waals surface area contributed by atoms with Crippen LogP contribution in [-0.4, -0.2) is 28.6 Å². The highest BCUT2D eigenvalue weighted by Crippen LogP contribution is 2.07. The average molecular weight is 265 g/mol. The molecule has 0 fully saturated rings. The standard InChI is InChI=1S/C13H19N3O3/c1-13(2,3)19-12(18)16-10(11(14)17)8-9-6-4-5-7-15-9/h4-7,10H,8H2,1-3H3,(H2,14,17)(H,16,18)/t10-/m0/s1. The highest BCUT2D eigenvalue weighted by molar-refractivity contribution is 5.84. The van der Waals surface area contributed by atoms with Gasteiger partial charge in [0.2, 0.25) is 5.91 Å². The maximum atomic E-state index is 11.6. The minimum absolute atomic E-state index is 0.232. The number of nitrogens with zero attached hydrogens (tertiary/aromatic N) is 1. The highest BCUT2D eigenvalue weighted by Gasteiger charge is 2.23. The zero-order valence-corrected chi connectivity index (χ0v) is 11.3. The normalized spacial score (nSPS) is 12.6. The summed E-state index contributed by atoms with van der Waals surface area (Å²) in [6, 6.07) is 4.48. The lowest BCUT2D eigenvalue weighted by Crippen LogP contribution is -2.47. The van der Waals surface area contributed by atoms with Gasteiger partial charge in [0.25, 0.3) is 0 Å². The number of carbonyl (C=O) groups is 2. The number of nitrogens with one attached hydrogen (secondary N) is 1. The van der Waals surface area contributed by atoms with Gasteiger partial charge in [-0.05, 0) is 32.9 Å². The summed E-state index contributed by atoms with van der Waals surface area (Å²) in [5.41, 5.74) is 5.30. The number of rotatable bonds is 4. The second-order valence-electron chi connectivity index (χ2n) is 5.13. The number of primary amides is 1. The van der Waals surface area contributed by atoms with Gasteiger partial charge in [-0.1, -0.05) is 6.07 Å². The summed E-state index contributed by atoms with van der Waals surface area (Å²) >= 11 is 0. The Hall–Kier alpha value is -2.11. The van der Waals surface area contributed by atoms with E-state index in [-0.39, 0.29) is 6.42 Å². The number of aromatic nitrogens is 1. The highest BCUT2D eigenvalue weighted by atomic mass is 16.6. The van der Waals surface area contributed by atoms with E-state index in [0.717, 1.165) is 0 Å². The summed E-state index contributed by atoms with van der Waals surface area (Å²) in [5, 5.41) is 2.45. The zero-order chi connectivity index (χ0) is 14.5. The number of alkyl carbamates (subject to hydrolysis) is 1. The molecule has 6 heteroatoms. The molecule has 0 unspecified atom stereocenters. The molecule has 0 aliphatic rings. The Labute approximate surface area is 112 Å². The van der Waals surface area contributed by atoms with Gasteiger partial charge in [0.05, 0.1) is 0 Å². The van der Waals surface area contributed by atoms with Crippen molar-refractivity contribution < 1.29 is 14.3 Å².